The molecule has 0 heterocycles. The molecule has 0 aliphatic carbocycles. The zero-order valence-corrected chi connectivity index (χ0v) is 13.0. The summed E-state index contributed by atoms with van der Waals surface area (Å²) in [7, 11) is 0. The first-order chi connectivity index (χ1) is 9.58. The average molecular weight is 310 g/mol. The molecule has 0 atom stereocenters. The van der Waals surface area contributed by atoms with Crippen molar-refractivity contribution in [2.75, 3.05) is 5.32 Å². The first-order valence-electron chi connectivity index (χ1n) is 6.50. The molecule has 106 valence electrons. The van der Waals surface area contributed by atoms with Crippen LogP contribution >= 0.6 is 23.2 Å². The fraction of sp³-hybridized carbons (Fsp3) is 0.250. The number of halogens is 2. The molecule has 0 aromatic heterocycles. The molecule has 2 aromatic carbocycles. The lowest BCUT2D eigenvalue weighted by molar-refractivity contribution is 0.240. The lowest BCUT2D eigenvalue weighted by Gasteiger charge is -2.16. The van der Waals surface area contributed by atoms with Crippen molar-refractivity contribution < 1.29 is 4.74 Å². The Labute approximate surface area is 129 Å². The van der Waals surface area contributed by atoms with Crippen LogP contribution in [0.2, 0.25) is 10.0 Å². The summed E-state index contributed by atoms with van der Waals surface area (Å²) in [4.78, 5) is 0. The van der Waals surface area contributed by atoms with Gasteiger partial charge in [0.15, 0.2) is 0 Å². The van der Waals surface area contributed by atoms with Crippen molar-refractivity contribution in [2.45, 2.75) is 26.5 Å². The van der Waals surface area contributed by atoms with E-state index in [4.69, 9.17) is 27.9 Å². The van der Waals surface area contributed by atoms with Crippen LogP contribution in [0.5, 0.6) is 5.75 Å². The van der Waals surface area contributed by atoms with E-state index in [1.165, 1.54) is 0 Å². The molecule has 0 bridgehead atoms. The predicted octanol–water partition coefficient (Wildman–Crippen LogP) is 5.39. The van der Waals surface area contributed by atoms with E-state index in [0.717, 1.165) is 17.0 Å². The van der Waals surface area contributed by atoms with E-state index in [0.29, 0.717) is 16.6 Å². The predicted molar refractivity (Wildman–Crippen MR) is 86.0 cm³/mol. The highest BCUT2D eigenvalue weighted by atomic mass is 35.5. The Morgan fingerprint density at radius 1 is 1.00 bits per heavy atom. The summed E-state index contributed by atoms with van der Waals surface area (Å²) < 4.78 is 5.79. The summed E-state index contributed by atoms with van der Waals surface area (Å²) >= 11 is 12.3. The van der Waals surface area contributed by atoms with Gasteiger partial charge in [0, 0.05) is 12.1 Å². The van der Waals surface area contributed by atoms with Crippen LogP contribution in [0.1, 0.15) is 19.4 Å². The van der Waals surface area contributed by atoms with Crippen LogP contribution in [0.3, 0.4) is 0 Å². The minimum absolute atomic E-state index is 0.139. The van der Waals surface area contributed by atoms with Crippen molar-refractivity contribution >= 4 is 28.9 Å². The van der Waals surface area contributed by atoms with Gasteiger partial charge in [-0.1, -0.05) is 47.5 Å². The van der Waals surface area contributed by atoms with E-state index in [1.54, 1.807) is 0 Å². The number of nitrogens with one attached hydrogen (secondary N) is 1. The molecule has 0 aliphatic heterocycles. The van der Waals surface area contributed by atoms with Crippen LogP contribution in [0.25, 0.3) is 0 Å². The number of hydrogen-bond acceptors (Lipinski definition) is 2. The minimum atomic E-state index is 0.139. The Hall–Kier alpha value is -1.38. The highest BCUT2D eigenvalue weighted by Crippen LogP contribution is 2.31. The van der Waals surface area contributed by atoms with Crippen molar-refractivity contribution in [1.29, 1.82) is 0 Å². The molecule has 0 amide bonds. The first-order valence-corrected chi connectivity index (χ1v) is 7.26. The van der Waals surface area contributed by atoms with Crippen molar-refractivity contribution in [3.05, 3.63) is 58.1 Å². The molecule has 1 N–H and O–H groups in total. The van der Waals surface area contributed by atoms with Crippen LogP contribution in [0.15, 0.2) is 42.5 Å². The lowest BCUT2D eigenvalue weighted by Crippen LogP contribution is -2.09. The van der Waals surface area contributed by atoms with Gasteiger partial charge in [-0.2, -0.15) is 0 Å². The number of ether oxygens (including phenoxy) is 1. The van der Waals surface area contributed by atoms with E-state index < -0.39 is 0 Å². The summed E-state index contributed by atoms with van der Waals surface area (Å²) in [5.41, 5.74) is 1.81. The molecule has 0 saturated carbocycles. The molecule has 0 spiro atoms. The quantitative estimate of drug-likeness (QED) is 0.799. The Kier molecular flexibility index (Phi) is 5.16. The summed E-state index contributed by atoms with van der Waals surface area (Å²) in [5, 5.41) is 4.49. The summed E-state index contributed by atoms with van der Waals surface area (Å²) in [6.45, 7) is 4.62. The van der Waals surface area contributed by atoms with Crippen molar-refractivity contribution in [3.8, 4) is 5.75 Å². The molecular formula is C16H17Cl2NO. The van der Waals surface area contributed by atoms with E-state index in [-0.39, 0.29) is 6.10 Å². The molecule has 0 unspecified atom stereocenters. The van der Waals surface area contributed by atoms with Gasteiger partial charge in [0.2, 0.25) is 0 Å². The largest absolute Gasteiger partial charge is 0.491 e. The molecule has 2 aromatic rings. The third-order valence-corrected chi connectivity index (χ3v) is 3.38. The summed E-state index contributed by atoms with van der Waals surface area (Å²) in [5.74, 6) is 0.873. The molecule has 20 heavy (non-hydrogen) atoms. The molecule has 0 saturated heterocycles. The fourth-order valence-electron chi connectivity index (χ4n) is 1.87. The summed E-state index contributed by atoms with van der Waals surface area (Å²) in [6.07, 6.45) is 0.139. The van der Waals surface area contributed by atoms with Crippen LogP contribution < -0.4 is 10.1 Å². The van der Waals surface area contributed by atoms with E-state index in [1.807, 2.05) is 56.3 Å². The zero-order valence-electron chi connectivity index (χ0n) is 11.5. The van der Waals surface area contributed by atoms with Gasteiger partial charge >= 0.3 is 0 Å². The van der Waals surface area contributed by atoms with Crippen molar-refractivity contribution in [3.63, 3.8) is 0 Å². The zero-order chi connectivity index (χ0) is 14.5. The number of para-hydroxylation sites is 2. The number of hydrogen-bond donors (Lipinski definition) is 1. The molecule has 4 heteroatoms. The molecule has 0 radical (unpaired) electrons. The molecule has 2 nitrogen and oxygen atoms in total. The van der Waals surface area contributed by atoms with Crippen LogP contribution in [0, 0.1) is 0 Å². The second kappa shape index (κ2) is 6.87. The maximum absolute atomic E-state index is 6.14. The van der Waals surface area contributed by atoms with E-state index in [9.17, 15) is 0 Å². The topological polar surface area (TPSA) is 21.3 Å². The average Bonchev–Trinajstić information content (AvgIpc) is 2.39. The highest BCUT2D eigenvalue weighted by Gasteiger charge is 2.08. The standard InChI is InChI=1S/C16H17Cl2NO/c1-11(2)20-15-9-4-3-6-12(15)10-19-16-13(17)7-5-8-14(16)18/h3-9,11,19H,10H2,1-2H3. The van der Waals surface area contributed by atoms with Gasteiger partial charge in [0.05, 0.1) is 21.8 Å². The van der Waals surface area contributed by atoms with Gasteiger partial charge in [0.25, 0.3) is 0 Å². The molecule has 0 aliphatic rings. The van der Waals surface area contributed by atoms with Crippen LogP contribution in [-0.4, -0.2) is 6.10 Å². The van der Waals surface area contributed by atoms with Crippen LogP contribution in [-0.2, 0) is 6.54 Å². The third kappa shape index (κ3) is 3.81. The number of benzene rings is 2. The minimum Gasteiger partial charge on any atom is -0.491 e. The Bertz CT molecular complexity index is 564. The molecule has 0 fully saturated rings. The van der Waals surface area contributed by atoms with E-state index >= 15 is 0 Å². The Morgan fingerprint density at radius 3 is 2.30 bits per heavy atom. The SMILES string of the molecule is CC(C)Oc1ccccc1CNc1c(Cl)cccc1Cl. The molecule has 2 rings (SSSR count). The highest BCUT2D eigenvalue weighted by molar-refractivity contribution is 6.39. The maximum atomic E-state index is 6.14. The monoisotopic (exact) mass is 309 g/mol. The van der Waals surface area contributed by atoms with Gasteiger partial charge < -0.3 is 10.1 Å². The number of anilines is 1. The third-order valence-electron chi connectivity index (χ3n) is 2.75. The first kappa shape index (κ1) is 15.0. The van der Waals surface area contributed by atoms with Crippen LogP contribution in [0.4, 0.5) is 5.69 Å². The van der Waals surface area contributed by atoms with Gasteiger partial charge in [-0.15, -0.1) is 0 Å². The second-order valence-corrected chi connectivity index (χ2v) is 5.54. The smallest absolute Gasteiger partial charge is 0.124 e. The Balaban J connectivity index is 2.15. The maximum Gasteiger partial charge on any atom is 0.124 e. The number of rotatable bonds is 5. The van der Waals surface area contributed by atoms with Gasteiger partial charge in [-0.3, -0.25) is 0 Å². The van der Waals surface area contributed by atoms with Gasteiger partial charge in [-0.25, -0.2) is 0 Å². The summed E-state index contributed by atoms with van der Waals surface area (Å²) in [6, 6.07) is 13.4. The van der Waals surface area contributed by atoms with Crippen molar-refractivity contribution in [2.24, 2.45) is 0 Å². The lowest BCUT2D eigenvalue weighted by atomic mass is 10.2. The van der Waals surface area contributed by atoms with Gasteiger partial charge in [0.1, 0.15) is 5.75 Å². The van der Waals surface area contributed by atoms with Crippen molar-refractivity contribution in [1.82, 2.24) is 0 Å². The second-order valence-electron chi connectivity index (χ2n) is 4.72. The fourth-order valence-corrected chi connectivity index (χ4v) is 2.40. The normalized spacial score (nSPS) is 10.7. The Morgan fingerprint density at radius 2 is 1.65 bits per heavy atom. The molecular weight excluding hydrogens is 293 g/mol. The van der Waals surface area contributed by atoms with E-state index in [2.05, 4.69) is 5.32 Å². The van der Waals surface area contributed by atoms with Gasteiger partial charge in [-0.05, 0) is 32.0 Å².